The SMILES string of the molecule is Cl.O=C(Nc1ccc(-c2csnn2)cc1)C1(n2cccn2)CCNCC1. The van der Waals surface area contributed by atoms with E-state index in [1.807, 2.05) is 41.9 Å². The van der Waals surface area contributed by atoms with E-state index in [4.69, 9.17) is 0 Å². The first-order valence-corrected chi connectivity index (χ1v) is 9.01. The molecule has 4 rings (SSSR count). The third-order valence-corrected chi connectivity index (χ3v) is 5.10. The Morgan fingerprint density at radius 1 is 1.23 bits per heavy atom. The van der Waals surface area contributed by atoms with Gasteiger partial charge in [0.1, 0.15) is 11.2 Å². The number of nitrogens with one attached hydrogen (secondary N) is 2. The molecule has 2 aromatic heterocycles. The van der Waals surface area contributed by atoms with Crippen molar-refractivity contribution in [1.29, 1.82) is 0 Å². The summed E-state index contributed by atoms with van der Waals surface area (Å²) in [4.78, 5) is 13.1. The monoisotopic (exact) mass is 390 g/mol. The summed E-state index contributed by atoms with van der Waals surface area (Å²) < 4.78 is 5.66. The highest BCUT2D eigenvalue weighted by Crippen LogP contribution is 2.29. The Balaban J connectivity index is 0.00000196. The standard InChI is InChI=1S/C17H18N6OS.ClH/c24-16(17(6-9-18-10-7-17)23-11-1-8-19-23)20-14-4-2-13(3-5-14)15-12-25-22-21-15;/h1-5,8,11-12,18H,6-7,9-10H2,(H,20,24);1H. The zero-order valence-electron chi connectivity index (χ0n) is 14.0. The molecular formula is C17H19ClN6OS. The molecule has 0 saturated carbocycles. The van der Waals surface area contributed by atoms with Crippen LogP contribution in [0.25, 0.3) is 11.3 Å². The van der Waals surface area contributed by atoms with E-state index in [0.717, 1.165) is 30.0 Å². The smallest absolute Gasteiger partial charge is 0.252 e. The van der Waals surface area contributed by atoms with Crippen LogP contribution in [-0.2, 0) is 10.3 Å². The molecule has 0 spiro atoms. The van der Waals surface area contributed by atoms with Crippen molar-refractivity contribution < 1.29 is 4.79 Å². The van der Waals surface area contributed by atoms with Gasteiger partial charge in [-0.1, -0.05) is 16.6 Å². The molecule has 136 valence electrons. The summed E-state index contributed by atoms with van der Waals surface area (Å²) >= 11 is 1.32. The Kier molecular flexibility index (Phi) is 5.65. The summed E-state index contributed by atoms with van der Waals surface area (Å²) in [6.07, 6.45) is 5.00. The minimum atomic E-state index is -0.647. The topological polar surface area (TPSA) is 84.7 Å². The fourth-order valence-corrected chi connectivity index (χ4v) is 3.65. The lowest BCUT2D eigenvalue weighted by atomic mass is 9.87. The Hall–Kier alpha value is -2.29. The van der Waals surface area contributed by atoms with Crippen molar-refractivity contribution >= 4 is 35.5 Å². The second-order valence-corrected chi connectivity index (χ2v) is 6.66. The maximum Gasteiger partial charge on any atom is 0.252 e. The van der Waals surface area contributed by atoms with Gasteiger partial charge in [0, 0.05) is 29.0 Å². The maximum atomic E-state index is 13.1. The number of carbonyl (C=O) groups excluding carboxylic acids is 1. The van der Waals surface area contributed by atoms with Crippen LogP contribution in [0.2, 0.25) is 0 Å². The second-order valence-electron chi connectivity index (χ2n) is 6.05. The molecule has 1 fully saturated rings. The number of hydrogen-bond acceptors (Lipinski definition) is 6. The number of anilines is 1. The van der Waals surface area contributed by atoms with Crippen molar-refractivity contribution in [2.24, 2.45) is 0 Å². The van der Waals surface area contributed by atoms with E-state index in [1.165, 1.54) is 11.5 Å². The molecule has 1 aliphatic heterocycles. The molecular weight excluding hydrogens is 372 g/mol. The quantitative estimate of drug-likeness (QED) is 0.715. The van der Waals surface area contributed by atoms with Gasteiger partial charge in [0.15, 0.2) is 0 Å². The van der Waals surface area contributed by atoms with Gasteiger partial charge in [-0.25, -0.2) is 0 Å². The Morgan fingerprint density at radius 3 is 2.62 bits per heavy atom. The summed E-state index contributed by atoms with van der Waals surface area (Å²) in [5.41, 5.74) is 1.94. The van der Waals surface area contributed by atoms with Crippen LogP contribution in [0, 0.1) is 0 Å². The fraction of sp³-hybridized carbons (Fsp3) is 0.294. The van der Waals surface area contributed by atoms with Crippen LogP contribution in [0.3, 0.4) is 0 Å². The van der Waals surface area contributed by atoms with Crippen LogP contribution in [0.4, 0.5) is 5.69 Å². The second kappa shape index (κ2) is 7.94. The van der Waals surface area contributed by atoms with Crippen molar-refractivity contribution in [2.45, 2.75) is 18.4 Å². The van der Waals surface area contributed by atoms with Gasteiger partial charge in [-0.05, 0) is 55.7 Å². The van der Waals surface area contributed by atoms with E-state index in [1.54, 1.807) is 10.9 Å². The van der Waals surface area contributed by atoms with E-state index in [2.05, 4.69) is 25.3 Å². The molecule has 1 amide bonds. The average molecular weight is 391 g/mol. The zero-order chi connectivity index (χ0) is 17.1. The van der Waals surface area contributed by atoms with Crippen LogP contribution in [0.15, 0.2) is 48.1 Å². The molecule has 0 radical (unpaired) electrons. The van der Waals surface area contributed by atoms with Gasteiger partial charge in [-0.15, -0.1) is 17.5 Å². The highest BCUT2D eigenvalue weighted by molar-refractivity contribution is 7.03. The lowest BCUT2D eigenvalue weighted by Crippen LogP contribution is -2.52. The van der Waals surface area contributed by atoms with Crippen LogP contribution in [0.1, 0.15) is 12.8 Å². The van der Waals surface area contributed by atoms with E-state index in [-0.39, 0.29) is 18.3 Å². The van der Waals surface area contributed by atoms with Crippen LogP contribution < -0.4 is 10.6 Å². The van der Waals surface area contributed by atoms with Gasteiger partial charge < -0.3 is 10.6 Å². The Morgan fingerprint density at radius 2 is 2.00 bits per heavy atom. The number of amides is 1. The van der Waals surface area contributed by atoms with Gasteiger partial charge in [-0.2, -0.15) is 5.10 Å². The lowest BCUT2D eigenvalue weighted by molar-refractivity contribution is -0.126. The predicted octanol–water partition coefficient (Wildman–Crippen LogP) is 2.54. The first kappa shape index (κ1) is 18.5. The van der Waals surface area contributed by atoms with Gasteiger partial charge in [0.2, 0.25) is 0 Å². The molecule has 0 bridgehead atoms. The number of rotatable bonds is 4. The summed E-state index contributed by atoms with van der Waals surface area (Å²) in [6, 6.07) is 9.52. The van der Waals surface area contributed by atoms with Gasteiger partial charge >= 0.3 is 0 Å². The molecule has 0 aliphatic carbocycles. The number of benzene rings is 1. The molecule has 26 heavy (non-hydrogen) atoms. The molecule has 9 heteroatoms. The molecule has 3 aromatic rings. The van der Waals surface area contributed by atoms with E-state index in [0.29, 0.717) is 12.8 Å². The molecule has 7 nitrogen and oxygen atoms in total. The molecule has 0 atom stereocenters. The van der Waals surface area contributed by atoms with Crippen LogP contribution in [-0.4, -0.2) is 38.4 Å². The number of carbonyl (C=O) groups is 1. The Bertz CT molecular complexity index is 829. The Labute approximate surface area is 161 Å². The highest BCUT2D eigenvalue weighted by atomic mass is 35.5. The van der Waals surface area contributed by atoms with Crippen molar-refractivity contribution in [3.05, 3.63) is 48.1 Å². The minimum Gasteiger partial charge on any atom is -0.324 e. The normalized spacial score (nSPS) is 15.8. The molecule has 1 saturated heterocycles. The van der Waals surface area contributed by atoms with Gasteiger partial charge in [0.05, 0.1) is 0 Å². The summed E-state index contributed by atoms with van der Waals surface area (Å²) in [5, 5.41) is 16.7. The summed E-state index contributed by atoms with van der Waals surface area (Å²) in [5.74, 6) is -0.0271. The number of aromatic nitrogens is 4. The zero-order valence-corrected chi connectivity index (χ0v) is 15.6. The van der Waals surface area contributed by atoms with E-state index < -0.39 is 5.54 Å². The highest BCUT2D eigenvalue weighted by Gasteiger charge is 2.42. The first-order chi connectivity index (χ1) is 12.3. The summed E-state index contributed by atoms with van der Waals surface area (Å²) in [6.45, 7) is 1.59. The molecule has 2 N–H and O–H groups in total. The average Bonchev–Trinajstić information content (AvgIpc) is 3.37. The molecule has 3 heterocycles. The number of nitrogens with zero attached hydrogens (tertiary/aromatic N) is 4. The lowest BCUT2D eigenvalue weighted by Gasteiger charge is -2.36. The third-order valence-electron chi connectivity index (χ3n) is 4.59. The van der Waals surface area contributed by atoms with Gasteiger partial charge in [0.25, 0.3) is 5.91 Å². The van der Waals surface area contributed by atoms with Gasteiger partial charge in [-0.3, -0.25) is 9.48 Å². The third kappa shape index (κ3) is 3.48. The van der Waals surface area contributed by atoms with Crippen molar-refractivity contribution in [3.8, 4) is 11.3 Å². The molecule has 1 aromatic carbocycles. The fourth-order valence-electron chi connectivity index (χ4n) is 3.18. The summed E-state index contributed by atoms with van der Waals surface area (Å²) in [7, 11) is 0. The minimum absolute atomic E-state index is 0. The molecule has 0 unspecified atom stereocenters. The van der Waals surface area contributed by atoms with Crippen molar-refractivity contribution in [2.75, 3.05) is 18.4 Å². The number of halogens is 1. The largest absolute Gasteiger partial charge is 0.324 e. The van der Waals surface area contributed by atoms with E-state index in [9.17, 15) is 4.79 Å². The van der Waals surface area contributed by atoms with Crippen LogP contribution in [0.5, 0.6) is 0 Å². The first-order valence-electron chi connectivity index (χ1n) is 8.18. The maximum absolute atomic E-state index is 13.1. The predicted molar refractivity (Wildman–Crippen MR) is 104 cm³/mol. The van der Waals surface area contributed by atoms with Crippen LogP contribution >= 0.6 is 23.9 Å². The van der Waals surface area contributed by atoms with Crippen molar-refractivity contribution in [3.63, 3.8) is 0 Å². The molecule has 1 aliphatic rings. The van der Waals surface area contributed by atoms with Crippen molar-refractivity contribution in [1.82, 2.24) is 24.7 Å². The number of piperidine rings is 1. The number of hydrogen-bond donors (Lipinski definition) is 2. The van der Waals surface area contributed by atoms with E-state index >= 15 is 0 Å².